The van der Waals surface area contributed by atoms with Gasteiger partial charge in [0.2, 0.25) is 5.91 Å². The lowest BCUT2D eigenvalue weighted by Crippen LogP contribution is -2.51. The SMILES string of the molecule is CC(C)C(Br)C(=O)N1CCC(O)C1(C)C. The second kappa shape index (κ2) is 4.42. The van der Waals surface area contributed by atoms with Gasteiger partial charge >= 0.3 is 0 Å². The van der Waals surface area contributed by atoms with E-state index in [1.165, 1.54) is 0 Å². The molecule has 0 radical (unpaired) electrons. The number of aliphatic hydroxyl groups excluding tert-OH is 1. The summed E-state index contributed by atoms with van der Waals surface area (Å²) in [5.74, 6) is 0.359. The predicted octanol–water partition coefficient (Wildman–Crippen LogP) is 1.78. The van der Waals surface area contributed by atoms with Gasteiger partial charge in [-0.2, -0.15) is 0 Å². The third kappa shape index (κ3) is 2.36. The molecule has 1 saturated heterocycles. The molecule has 0 aromatic rings. The largest absolute Gasteiger partial charge is 0.391 e. The number of rotatable bonds is 2. The van der Waals surface area contributed by atoms with Crippen molar-refractivity contribution in [3.63, 3.8) is 0 Å². The quantitative estimate of drug-likeness (QED) is 0.782. The molecule has 0 spiro atoms. The van der Waals surface area contributed by atoms with Gasteiger partial charge in [-0.15, -0.1) is 0 Å². The third-order valence-electron chi connectivity index (χ3n) is 3.22. The van der Waals surface area contributed by atoms with Crippen molar-refractivity contribution in [1.29, 1.82) is 0 Å². The fourth-order valence-electron chi connectivity index (χ4n) is 1.90. The van der Waals surface area contributed by atoms with Crippen molar-refractivity contribution in [3.8, 4) is 0 Å². The first-order valence-corrected chi connectivity index (χ1v) is 6.33. The maximum Gasteiger partial charge on any atom is 0.237 e. The van der Waals surface area contributed by atoms with Gasteiger partial charge in [-0.25, -0.2) is 0 Å². The minimum absolute atomic E-state index is 0.0894. The van der Waals surface area contributed by atoms with Crippen LogP contribution >= 0.6 is 15.9 Å². The number of amides is 1. The molecular formula is C11H20BrNO2. The van der Waals surface area contributed by atoms with Gasteiger partial charge in [0, 0.05) is 6.54 Å². The van der Waals surface area contributed by atoms with Crippen molar-refractivity contribution in [2.75, 3.05) is 6.54 Å². The summed E-state index contributed by atoms with van der Waals surface area (Å²) in [6.45, 7) is 8.51. The van der Waals surface area contributed by atoms with Crippen LogP contribution in [0, 0.1) is 5.92 Å². The minimum atomic E-state index is -0.433. The van der Waals surface area contributed by atoms with E-state index in [9.17, 15) is 9.90 Å². The molecule has 1 fully saturated rings. The highest BCUT2D eigenvalue weighted by Gasteiger charge is 2.44. The summed E-state index contributed by atoms with van der Waals surface area (Å²) < 4.78 is 0. The van der Waals surface area contributed by atoms with Crippen LogP contribution in [0.15, 0.2) is 0 Å². The molecule has 88 valence electrons. The van der Waals surface area contributed by atoms with E-state index < -0.39 is 11.6 Å². The van der Waals surface area contributed by atoms with E-state index in [0.717, 1.165) is 0 Å². The van der Waals surface area contributed by atoms with Crippen LogP contribution < -0.4 is 0 Å². The number of hydrogen-bond acceptors (Lipinski definition) is 2. The van der Waals surface area contributed by atoms with Crippen molar-refractivity contribution in [3.05, 3.63) is 0 Å². The monoisotopic (exact) mass is 277 g/mol. The number of hydrogen-bond donors (Lipinski definition) is 1. The van der Waals surface area contributed by atoms with E-state index in [4.69, 9.17) is 0 Å². The lowest BCUT2D eigenvalue weighted by atomic mass is 9.98. The number of alkyl halides is 1. The second-order valence-corrected chi connectivity index (χ2v) is 6.08. The topological polar surface area (TPSA) is 40.5 Å². The Morgan fingerprint density at radius 3 is 2.40 bits per heavy atom. The first kappa shape index (κ1) is 13.0. The summed E-state index contributed by atoms with van der Waals surface area (Å²) in [7, 11) is 0. The Bertz CT molecular complexity index is 253. The molecule has 2 atom stereocenters. The van der Waals surface area contributed by atoms with E-state index in [2.05, 4.69) is 15.9 Å². The average molecular weight is 278 g/mol. The zero-order chi connectivity index (χ0) is 11.8. The molecule has 1 aliphatic heterocycles. The number of carbonyl (C=O) groups is 1. The van der Waals surface area contributed by atoms with E-state index in [1.54, 1.807) is 4.90 Å². The van der Waals surface area contributed by atoms with Gasteiger partial charge in [0.25, 0.3) is 0 Å². The Hall–Kier alpha value is -0.0900. The molecule has 0 aromatic heterocycles. The van der Waals surface area contributed by atoms with Crippen LogP contribution in [-0.2, 0) is 4.79 Å². The minimum Gasteiger partial charge on any atom is -0.391 e. The number of aliphatic hydroxyl groups is 1. The van der Waals surface area contributed by atoms with Crippen LogP contribution in [0.4, 0.5) is 0 Å². The zero-order valence-electron chi connectivity index (χ0n) is 9.83. The highest BCUT2D eigenvalue weighted by atomic mass is 79.9. The van der Waals surface area contributed by atoms with Gasteiger partial charge in [0.1, 0.15) is 0 Å². The molecule has 1 rings (SSSR count). The second-order valence-electron chi connectivity index (χ2n) is 5.09. The summed E-state index contributed by atoms with van der Waals surface area (Å²) in [6.07, 6.45) is 0.268. The normalized spacial score (nSPS) is 27.1. The van der Waals surface area contributed by atoms with Gasteiger partial charge in [-0.1, -0.05) is 29.8 Å². The number of likely N-dealkylation sites (tertiary alicyclic amines) is 1. The molecule has 3 nitrogen and oxygen atoms in total. The molecule has 1 heterocycles. The van der Waals surface area contributed by atoms with Gasteiger partial charge in [0.15, 0.2) is 0 Å². The van der Waals surface area contributed by atoms with Crippen molar-refractivity contribution in [2.24, 2.45) is 5.92 Å². The standard InChI is InChI=1S/C11H20BrNO2/c1-7(2)9(12)10(15)13-6-5-8(14)11(13,3)4/h7-9,14H,5-6H2,1-4H3. The lowest BCUT2D eigenvalue weighted by molar-refractivity contribution is -0.136. The molecule has 2 unspecified atom stereocenters. The van der Waals surface area contributed by atoms with Gasteiger partial charge in [0.05, 0.1) is 16.5 Å². The molecule has 15 heavy (non-hydrogen) atoms. The maximum atomic E-state index is 12.1. The van der Waals surface area contributed by atoms with Crippen LogP contribution in [0.1, 0.15) is 34.1 Å². The zero-order valence-corrected chi connectivity index (χ0v) is 11.4. The molecular weight excluding hydrogens is 258 g/mol. The van der Waals surface area contributed by atoms with Crippen LogP contribution in [0.25, 0.3) is 0 Å². The molecule has 1 aliphatic rings. The molecule has 0 aliphatic carbocycles. The maximum absolute atomic E-state index is 12.1. The van der Waals surface area contributed by atoms with Crippen molar-refractivity contribution in [1.82, 2.24) is 4.90 Å². The van der Waals surface area contributed by atoms with Gasteiger partial charge < -0.3 is 10.0 Å². The van der Waals surface area contributed by atoms with Crippen LogP contribution in [0.5, 0.6) is 0 Å². The Kier molecular flexibility index (Phi) is 3.82. The summed E-state index contributed by atoms with van der Waals surface area (Å²) in [5.41, 5.74) is -0.433. The predicted molar refractivity (Wildman–Crippen MR) is 64.0 cm³/mol. The molecule has 4 heteroatoms. The van der Waals surface area contributed by atoms with Crippen LogP contribution in [0.2, 0.25) is 0 Å². The highest BCUT2D eigenvalue weighted by molar-refractivity contribution is 9.10. The van der Waals surface area contributed by atoms with E-state index in [-0.39, 0.29) is 16.7 Å². The summed E-state index contributed by atoms with van der Waals surface area (Å²) >= 11 is 3.42. The van der Waals surface area contributed by atoms with Crippen LogP contribution in [-0.4, -0.2) is 38.9 Å². The fraction of sp³-hybridized carbons (Fsp3) is 0.909. The van der Waals surface area contributed by atoms with Crippen LogP contribution in [0.3, 0.4) is 0 Å². The summed E-state index contributed by atoms with van der Waals surface area (Å²) in [4.78, 5) is 13.8. The van der Waals surface area contributed by atoms with Crippen molar-refractivity contribution in [2.45, 2.75) is 50.6 Å². The third-order valence-corrected chi connectivity index (χ3v) is 4.67. The lowest BCUT2D eigenvalue weighted by Gasteiger charge is -2.35. The Morgan fingerprint density at radius 2 is 2.07 bits per heavy atom. The number of carbonyl (C=O) groups excluding carboxylic acids is 1. The van der Waals surface area contributed by atoms with Gasteiger partial charge in [-0.3, -0.25) is 4.79 Å². The number of halogens is 1. The van der Waals surface area contributed by atoms with Crippen molar-refractivity contribution >= 4 is 21.8 Å². The molecule has 0 saturated carbocycles. The van der Waals surface area contributed by atoms with E-state index in [1.807, 2.05) is 27.7 Å². The van der Waals surface area contributed by atoms with Crippen molar-refractivity contribution < 1.29 is 9.90 Å². The smallest absolute Gasteiger partial charge is 0.237 e. The Balaban J connectivity index is 2.77. The average Bonchev–Trinajstić information content (AvgIpc) is 2.40. The molecule has 1 amide bonds. The van der Waals surface area contributed by atoms with E-state index in [0.29, 0.717) is 13.0 Å². The Morgan fingerprint density at radius 1 is 1.53 bits per heavy atom. The highest BCUT2D eigenvalue weighted by Crippen LogP contribution is 2.31. The first-order chi connectivity index (χ1) is 6.78. The van der Waals surface area contributed by atoms with E-state index >= 15 is 0 Å². The fourth-order valence-corrected chi connectivity index (χ4v) is 2.15. The summed E-state index contributed by atoms with van der Waals surface area (Å²) in [5, 5.41) is 9.79. The number of nitrogens with zero attached hydrogens (tertiary/aromatic N) is 1. The first-order valence-electron chi connectivity index (χ1n) is 5.42. The molecule has 0 aromatic carbocycles. The summed E-state index contributed by atoms with van der Waals surface area (Å²) in [6, 6.07) is 0. The molecule has 0 bridgehead atoms. The molecule has 1 N–H and O–H groups in total. The van der Waals surface area contributed by atoms with Gasteiger partial charge in [-0.05, 0) is 26.2 Å². The Labute approximate surface area is 100.0 Å².